The number of thioether (sulfide) groups is 1. The van der Waals surface area contributed by atoms with Gasteiger partial charge in [0.2, 0.25) is 11.7 Å². The predicted octanol–water partition coefficient (Wildman–Crippen LogP) is 3.21. The van der Waals surface area contributed by atoms with Crippen molar-refractivity contribution >= 4 is 40.8 Å². The van der Waals surface area contributed by atoms with Gasteiger partial charge in [-0.1, -0.05) is 0 Å². The van der Waals surface area contributed by atoms with Crippen molar-refractivity contribution in [3.63, 3.8) is 0 Å². The van der Waals surface area contributed by atoms with Crippen LogP contribution in [0.5, 0.6) is 0 Å². The van der Waals surface area contributed by atoms with Gasteiger partial charge in [-0.05, 0) is 30.3 Å². The smallest absolute Gasteiger partial charge is 0.316 e. The molecule has 2 aromatic rings. The fraction of sp³-hybridized carbons (Fsp3) is 0.167. The molecule has 0 heterocycles. The number of esters is 1. The van der Waals surface area contributed by atoms with E-state index >= 15 is 0 Å². The lowest BCUT2D eigenvalue weighted by Crippen LogP contribution is -2.17. The molecule has 0 aliphatic rings. The molecule has 2 rings (SSSR count). The topological polar surface area (TPSA) is 116 Å². The monoisotopic (exact) mass is 406 g/mol. The molecule has 8 nitrogen and oxygen atoms in total. The van der Waals surface area contributed by atoms with Crippen molar-refractivity contribution < 1.29 is 28.4 Å². The molecule has 0 radical (unpaired) electrons. The molecule has 0 aliphatic carbocycles. The van der Waals surface area contributed by atoms with Crippen LogP contribution < -0.4 is 5.32 Å². The molecule has 0 aromatic heterocycles. The van der Waals surface area contributed by atoms with Crippen LogP contribution in [0, 0.1) is 15.9 Å². The van der Waals surface area contributed by atoms with E-state index in [1.165, 1.54) is 43.3 Å². The molecule has 10 heteroatoms. The molecular formula is C18H15FN2O6S. The van der Waals surface area contributed by atoms with Crippen LogP contribution >= 0.6 is 11.8 Å². The van der Waals surface area contributed by atoms with Crippen molar-refractivity contribution in [2.75, 3.05) is 17.7 Å². The summed E-state index contributed by atoms with van der Waals surface area (Å²) in [7, 11) is 0. The van der Waals surface area contributed by atoms with Gasteiger partial charge in [-0.15, -0.1) is 11.8 Å². The summed E-state index contributed by atoms with van der Waals surface area (Å²) in [5.41, 5.74) is -0.118. The van der Waals surface area contributed by atoms with Crippen LogP contribution in [0.25, 0.3) is 0 Å². The number of anilines is 1. The Kier molecular flexibility index (Phi) is 7.21. The number of non-ortho nitro benzene ring substituents is 1. The highest BCUT2D eigenvalue weighted by Crippen LogP contribution is 2.21. The summed E-state index contributed by atoms with van der Waals surface area (Å²) in [6.07, 6.45) is 0. The summed E-state index contributed by atoms with van der Waals surface area (Å²) in [5, 5.41) is 13.0. The van der Waals surface area contributed by atoms with Gasteiger partial charge in [0.05, 0.1) is 16.2 Å². The number of nitro groups is 1. The van der Waals surface area contributed by atoms with Gasteiger partial charge in [-0.2, -0.15) is 0 Å². The van der Waals surface area contributed by atoms with Crippen molar-refractivity contribution in [1.29, 1.82) is 0 Å². The fourth-order valence-electron chi connectivity index (χ4n) is 2.09. The van der Waals surface area contributed by atoms with Gasteiger partial charge < -0.3 is 10.1 Å². The lowest BCUT2D eigenvalue weighted by atomic mass is 10.1. The van der Waals surface area contributed by atoms with E-state index in [4.69, 9.17) is 4.74 Å². The molecule has 0 aliphatic heterocycles. The first kappa shape index (κ1) is 21.0. The molecular weight excluding hydrogens is 391 g/mol. The highest BCUT2D eigenvalue weighted by atomic mass is 32.2. The number of ketones is 1. The quantitative estimate of drug-likeness (QED) is 0.235. The van der Waals surface area contributed by atoms with Gasteiger partial charge in [0.1, 0.15) is 5.82 Å². The van der Waals surface area contributed by atoms with Crippen molar-refractivity contribution in [3.05, 3.63) is 64.0 Å². The number of Topliss-reactive ketones (excluding diaryl/α,β-unsaturated/α-hetero) is 1. The second-order valence-electron chi connectivity index (χ2n) is 5.50. The average Bonchev–Trinajstić information content (AvgIpc) is 2.64. The minimum atomic E-state index is -0.840. The third-order valence-corrected chi connectivity index (χ3v) is 4.34. The fourth-order valence-corrected chi connectivity index (χ4v) is 2.79. The van der Waals surface area contributed by atoms with E-state index < -0.39 is 29.1 Å². The summed E-state index contributed by atoms with van der Waals surface area (Å²) in [6.45, 7) is 0.640. The summed E-state index contributed by atoms with van der Waals surface area (Å²) in [4.78, 5) is 45.4. The third kappa shape index (κ3) is 6.16. The first-order chi connectivity index (χ1) is 13.3. The van der Waals surface area contributed by atoms with Crippen LogP contribution in [0.3, 0.4) is 0 Å². The van der Waals surface area contributed by atoms with Gasteiger partial charge in [0, 0.05) is 29.6 Å². The minimum absolute atomic E-state index is 0.0657. The zero-order valence-corrected chi connectivity index (χ0v) is 15.5. The Morgan fingerprint density at radius 1 is 1.18 bits per heavy atom. The number of hydrogen-bond acceptors (Lipinski definition) is 7. The van der Waals surface area contributed by atoms with E-state index in [0.717, 1.165) is 17.8 Å². The van der Waals surface area contributed by atoms with Gasteiger partial charge in [0.15, 0.2) is 6.61 Å². The van der Waals surface area contributed by atoms with E-state index in [2.05, 4.69) is 5.32 Å². The van der Waals surface area contributed by atoms with Crippen molar-refractivity contribution in [2.45, 2.75) is 11.8 Å². The Balaban J connectivity index is 1.84. The van der Waals surface area contributed by atoms with E-state index in [1.807, 2.05) is 0 Å². The highest BCUT2D eigenvalue weighted by molar-refractivity contribution is 8.00. The van der Waals surface area contributed by atoms with Gasteiger partial charge in [-0.3, -0.25) is 24.5 Å². The van der Waals surface area contributed by atoms with Crippen LogP contribution in [0.15, 0.2) is 47.4 Å². The number of ether oxygens (including phenoxy) is 1. The number of carbonyl (C=O) groups is 3. The van der Waals surface area contributed by atoms with Crippen LogP contribution in [0.2, 0.25) is 0 Å². The van der Waals surface area contributed by atoms with Crippen LogP contribution in [-0.4, -0.2) is 34.9 Å². The van der Waals surface area contributed by atoms with Crippen molar-refractivity contribution in [3.8, 4) is 0 Å². The number of halogens is 1. The molecule has 0 fully saturated rings. The molecule has 1 N–H and O–H groups in total. The molecule has 2 aromatic carbocycles. The average molecular weight is 406 g/mol. The molecule has 0 atom stereocenters. The zero-order valence-electron chi connectivity index (χ0n) is 14.6. The summed E-state index contributed by atoms with van der Waals surface area (Å²) in [5.74, 6) is -2.74. The molecule has 1 amide bonds. The number of hydrogen-bond donors (Lipinski definition) is 1. The van der Waals surface area contributed by atoms with Crippen molar-refractivity contribution in [1.82, 2.24) is 0 Å². The maximum atomic E-state index is 14.0. The summed E-state index contributed by atoms with van der Waals surface area (Å²) in [6, 6.07) is 9.17. The zero-order chi connectivity index (χ0) is 20.7. The van der Waals surface area contributed by atoms with E-state index in [-0.39, 0.29) is 28.6 Å². The third-order valence-electron chi connectivity index (χ3n) is 3.36. The largest absolute Gasteiger partial charge is 0.457 e. The number of nitrogens with one attached hydrogen (secondary N) is 1. The summed E-state index contributed by atoms with van der Waals surface area (Å²) < 4.78 is 18.8. The van der Waals surface area contributed by atoms with E-state index in [9.17, 15) is 28.9 Å². The standard InChI is InChI=1S/C18H15FN2O6S/c1-11(22)20-12-2-7-15(16(19)8-12)17(23)9-27-18(24)10-28-14-5-3-13(4-6-14)21(25)26/h2-8H,9-10H2,1H3,(H,20,22). The first-order valence-electron chi connectivity index (χ1n) is 7.89. The Morgan fingerprint density at radius 3 is 2.43 bits per heavy atom. The minimum Gasteiger partial charge on any atom is -0.457 e. The number of benzene rings is 2. The van der Waals surface area contributed by atoms with Crippen molar-refractivity contribution in [2.24, 2.45) is 0 Å². The summed E-state index contributed by atoms with van der Waals surface area (Å²) >= 11 is 1.08. The normalized spacial score (nSPS) is 10.2. The van der Waals surface area contributed by atoms with Crippen LogP contribution in [-0.2, 0) is 14.3 Å². The maximum absolute atomic E-state index is 14.0. The second kappa shape index (κ2) is 9.60. The van der Waals surface area contributed by atoms with E-state index in [0.29, 0.717) is 4.90 Å². The number of nitrogens with zero attached hydrogens (tertiary/aromatic N) is 1. The Bertz CT molecular complexity index is 917. The van der Waals surface area contributed by atoms with Crippen LogP contribution in [0.1, 0.15) is 17.3 Å². The molecule has 0 spiro atoms. The number of rotatable bonds is 8. The van der Waals surface area contributed by atoms with Gasteiger partial charge in [-0.25, -0.2) is 4.39 Å². The lowest BCUT2D eigenvalue weighted by molar-refractivity contribution is -0.384. The molecule has 0 bridgehead atoms. The second-order valence-corrected chi connectivity index (χ2v) is 6.55. The predicted molar refractivity (Wildman–Crippen MR) is 99.8 cm³/mol. The molecule has 146 valence electrons. The Hall–Kier alpha value is -3.27. The van der Waals surface area contributed by atoms with E-state index in [1.54, 1.807) is 0 Å². The molecule has 28 heavy (non-hydrogen) atoms. The Labute approximate surface area is 163 Å². The highest BCUT2D eigenvalue weighted by Gasteiger charge is 2.15. The molecule has 0 saturated carbocycles. The first-order valence-corrected chi connectivity index (χ1v) is 8.88. The van der Waals surface area contributed by atoms with Gasteiger partial charge >= 0.3 is 5.97 Å². The van der Waals surface area contributed by atoms with Crippen LogP contribution in [0.4, 0.5) is 15.8 Å². The lowest BCUT2D eigenvalue weighted by Gasteiger charge is -2.07. The maximum Gasteiger partial charge on any atom is 0.316 e. The number of carbonyl (C=O) groups excluding carboxylic acids is 3. The molecule has 0 saturated heterocycles. The van der Waals surface area contributed by atoms with Gasteiger partial charge in [0.25, 0.3) is 5.69 Å². The number of nitro benzene ring substituents is 1. The SMILES string of the molecule is CC(=O)Nc1ccc(C(=O)COC(=O)CSc2ccc([N+](=O)[O-])cc2)c(F)c1. The molecule has 0 unspecified atom stereocenters. The number of amides is 1. The Morgan fingerprint density at radius 2 is 1.86 bits per heavy atom.